The van der Waals surface area contributed by atoms with Crippen LogP contribution in [0, 0.1) is 11.6 Å². The Hall–Kier alpha value is -2.44. The highest BCUT2D eigenvalue weighted by Crippen LogP contribution is 2.18. The van der Waals surface area contributed by atoms with Crippen LogP contribution in [-0.2, 0) is 20.0 Å². The zero-order valence-corrected chi connectivity index (χ0v) is 16.8. The number of aromatic nitrogens is 2. The predicted molar refractivity (Wildman–Crippen MR) is 105 cm³/mol. The monoisotopic (exact) mass is 377 g/mol. The van der Waals surface area contributed by atoms with Gasteiger partial charge in [-0.3, -0.25) is 9.67 Å². The number of halogens is 2. The topological polar surface area (TPSA) is 45.5 Å². The normalized spacial score (nSPS) is 11.9. The quantitative estimate of drug-likeness (QED) is 0.594. The van der Waals surface area contributed by atoms with Crippen molar-refractivity contribution < 1.29 is 8.78 Å². The van der Waals surface area contributed by atoms with Crippen molar-refractivity contribution >= 4 is 5.96 Å². The van der Waals surface area contributed by atoms with Gasteiger partial charge in [0.2, 0.25) is 0 Å². The number of aryl methyl sites for hydroxylation is 1. The average molecular weight is 377 g/mol. The molecule has 148 valence electrons. The molecule has 1 heterocycles. The fourth-order valence-corrected chi connectivity index (χ4v) is 2.97. The average Bonchev–Trinajstić information content (AvgIpc) is 2.96. The highest BCUT2D eigenvalue weighted by Gasteiger charge is 2.15. The molecule has 2 rings (SSSR count). The number of hydrogen-bond donors (Lipinski definition) is 1. The first-order chi connectivity index (χ1) is 12.8. The lowest BCUT2D eigenvalue weighted by Crippen LogP contribution is -2.38. The molecule has 0 aliphatic rings. The Labute approximate surface area is 160 Å². The summed E-state index contributed by atoms with van der Waals surface area (Å²) in [5.41, 5.74) is 2.70. The van der Waals surface area contributed by atoms with Crippen molar-refractivity contribution in [3.63, 3.8) is 0 Å². The van der Waals surface area contributed by atoms with Gasteiger partial charge in [0.25, 0.3) is 0 Å². The van der Waals surface area contributed by atoms with Gasteiger partial charge in [-0.2, -0.15) is 5.10 Å². The molecular formula is C20H29F2N5. The number of benzene rings is 1. The summed E-state index contributed by atoms with van der Waals surface area (Å²) in [6, 6.07) is 3.66. The smallest absolute Gasteiger partial charge is 0.193 e. The summed E-state index contributed by atoms with van der Waals surface area (Å²) in [6.07, 6.45) is 2.45. The maximum absolute atomic E-state index is 13.8. The molecule has 2 aromatic rings. The van der Waals surface area contributed by atoms with Crippen LogP contribution in [0.4, 0.5) is 8.78 Å². The molecule has 7 heteroatoms. The standard InChI is InChI=1S/C20H29F2N5/c1-6-23-20(24-10-9-15-7-8-17(21)11-18(15)22)26(4)12-16-13-27(5)25-19(16)14(2)3/h7-8,11,13-14H,6,9-10,12H2,1-5H3,(H,23,24). The maximum Gasteiger partial charge on any atom is 0.193 e. The molecular weight excluding hydrogens is 348 g/mol. The van der Waals surface area contributed by atoms with Gasteiger partial charge < -0.3 is 10.2 Å². The van der Waals surface area contributed by atoms with Crippen molar-refractivity contribution in [2.75, 3.05) is 20.1 Å². The van der Waals surface area contributed by atoms with E-state index < -0.39 is 11.6 Å². The number of aliphatic imine (C=N–C) groups is 1. The molecule has 27 heavy (non-hydrogen) atoms. The van der Waals surface area contributed by atoms with Crippen molar-refractivity contribution in [1.29, 1.82) is 0 Å². The highest BCUT2D eigenvalue weighted by atomic mass is 19.1. The maximum atomic E-state index is 13.8. The molecule has 0 radical (unpaired) electrons. The molecule has 0 amide bonds. The van der Waals surface area contributed by atoms with E-state index in [9.17, 15) is 8.78 Å². The Morgan fingerprint density at radius 1 is 1.30 bits per heavy atom. The zero-order valence-electron chi connectivity index (χ0n) is 16.8. The van der Waals surface area contributed by atoms with Crippen LogP contribution in [0.3, 0.4) is 0 Å². The van der Waals surface area contributed by atoms with Crippen LogP contribution in [0.5, 0.6) is 0 Å². The van der Waals surface area contributed by atoms with Crippen LogP contribution >= 0.6 is 0 Å². The van der Waals surface area contributed by atoms with Crippen LogP contribution in [0.2, 0.25) is 0 Å². The lowest BCUT2D eigenvalue weighted by molar-refractivity contribution is 0.473. The van der Waals surface area contributed by atoms with Crippen molar-refractivity contribution in [2.24, 2.45) is 12.0 Å². The van der Waals surface area contributed by atoms with E-state index in [0.29, 0.717) is 31.0 Å². The Morgan fingerprint density at radius 3 is 2.67 bits per heavy atom. The first-order valence-electron chi connectivity index (χ1n) is 9.27. The van der Waals surface area contributed by atoms with E-state index in [0.717, 1.165) is 29.8 Å². The zero-order chi connectivity index (χ0) is 20.0. The Bertz CT molecular complexity index is 783. The van der Waals surface area contributed by atoms with Gasteiger partial charge in [0, 0.05) is 51.6 Å². The number of nitrogens with one attached hydrogen (secondary N) is 1. The van der Waals surface area contributed by atoms with Crippen LogP contribution in [0.15, 0.2) is 29.4 Å². The molecule has 0 bridgehead atoms. The van der Waals surface area contributed by atoms with E-state index in [2.05, 4.69) is 29.3 Å². The van der Waals surface area contributed by atoms with Gasteiger partial charge in [0.05, 0.1) is 5.69 Å². The molecule has 0 aliphatic carbocycles. The summed E-state index contributed by atoms with van der Waals surface area (Å²) >= 11 is 0. The minimum Gasteiger partial charge on any atom is -0.357 e. The summed E-state index contributed by atoms with van der Waals surface area (Å²) in [4.78, 5) is 6.63. The first kappa shape index (κ1) is 20.9. The third-order valence-corrected chi connectivity index (χ3v) is 4.25. The van der Waals surface area contributed by atoms with Crippen molar-refractivity contribution in [1.82, 2.24) is 20.0 Å². The van der Waals surface area contributed by atoms with E-state index in [1.54, 1.807) is 0 Å². The SMILES string of the molecule is CCNC(=NCCc1ccc(F)cc1F)N(C)Cc1cn(C)nc1C(C)C. The summed E-state index contributed by atoms with van der Waals surface area (Å²) in [7, 11) is 3.89. The summed E-state index contributed by atoms with van der Waals surface area (Å²) < 4.78 is 28.6. The number of nitrogens with zero attached hydrogens (tertiary/aromatic N) is 4. The second-order valence-corrected chi connectivity index (χ2v) is 6.95. The van der Waals surface area contributed by atoms with Gasteiger partial charge in [-0.1, -0.05) is 19.9 Å². The van der Waals surface area contributed by atoms with E-state index in [1.165, 1.54) is 12.1 Å². The van der Waals surface area contributed by atoms with Crippen LogP contribution in [-0.4, -0.2) is 40.8 Å². The molecule has 1 N–H and O–H groups in total. The number of guanidine groups is 1. The molecule has 1 aromatic carbocycles. The second-order valence-electron chi connectivity index (χ2n) is 6.95. The summed E-state index contributed by atoms with van der Waals surface area (Å²) in [5, 5.41) is 7.81. The minimum absolute atomic E-state index is 0.343. The van der Waals surface area contributed by atoms with Crippen molar-refractivity contribution in [2.45, 2.75) is 39.7 Å². The lowest BCUT2D eigenvalue weighted by atomic mass is 10.1. The van der Waals surface area contributed by atoms with E-state index in [-0.39, 0.29) is 0 Å². The Kier molecular flexibility index (Phi) is 7.33. The highest BCUT2D eigenvalue weighted by molar-refractivity contribution is 5.79. The fourth-order valence-electron chi connectivity index (χ4n) is 2.97. The van der Waals surface area contributed by atoms with Crippen molar-refractivity contribution in [3.8, 4) is 0 Å². The summed E-state index contributed by atoms with van der Waals surface area (Å²) in [6.45, 7) is 8.09. The summed E-state index contributed by atoms with van der Waals surface area (Å²) in [5.74, 6) is -0.0000977. The third kappa shape index (κ3) is 5.77. The van der Waals surface area contributed by atoms with Crippen LogP contribution in [0.25, 0.3) is 0 Å². The van der Waals surface area contributed by atoms with E-state index in [1.807, 2.05) is 36.8 Å². The number of rotatable bonds is 7. The molecule has 0 spiro atoms. The van der Waals surface area contributed by atoms with Gasteiger partial charge >= 0.3 is 0 Å². The Morgan fingerprint density at radius 2 is 2.04 bits per heavy atom. The minimum atomic E-state index is -0.565. The van der Waals surface area contributed by atoms with Gasteiger partial charge in [-0.25, -0.2) is 8.78 Å². The van der Waals surface area contributed by atoms with Crippen LogP contribution in [0.1, 0.15) is 43.5 Å². The van der Waals surface area contributed by atoms with E-state index >= 15 is 0 Å². The van der Waals surface area contributed by atoms with Gasteiger partial charge in [-0.15, -0.1) is 0 Å². The Balaban J connectivity index is 2.07. The number of hydrogen-bond acceptors (Lipinski definition) is 2. The molecule has 0 unspecified atom stereocenters. The molecule has 0 fully saturated rings. The first-order valence-corrected chi connectivity index (χ1v) is 9.27. The molecule has 0 atom stereocenters. The molecule has 0 saturated heterocycles. The van der Waals surface area contributed by atoms with Gasteiger partial charge in [0.15, 0.2) is 5.96 Å². The molecule has 0 saturated carbocycles. The largest absolute Gasteiger partial charge is 0.357 e. The molecule has 5 nitrogen and oxygen atoms in total. The molecule has 0 aliphatic heterocycles. The lowest BCUT2D eigenvalue weighted by Gasteiger charge is -2.22. The van der Waals surface area contributed by atoms with Gasteiger partial charge in [-0.05, 0) is 30.9 Å². The van der Waals surface area contributed by atoms with E-state index in [4.69, 9.17) is 0 Å². The van der Waals surface area contributed by atoms with Crippen molar-refractivity contribution in [3.05, 3.63) is 52.9 Å². The third-order valence-electron chi connectivity index (χ3n) is 4.25. The fraction of sp³-hybridized carbons (Fsp3) is 0.500. The molecule has 1 aromatic heterocycles. The van der Waals surface area contributed by atoms with Gasteiger partial charge in [0.1, 0.15) is 11.6 Å². The van der Waals surface area contributed by atoms with Crippen LogP contribution < -0.4 is 5.32 Å². The predicted octanol–water partition coefficient (Wildman–Crippen LogP) is 3.46. The second kappa shape index (κ2) is 9.48.